The molecule has 2 aliphatic rings. The third kappa shape index (κ3) is 1.70. The van der Waals surface area contributed by atoms with Crippen molar-refractivity contribution in [3.63, 3.8) is 0 Å². The lowest BCUT2D eigenvalue weighted by molar-refractivity contribution is 0.480. The maximum atomic E-state index is 1.58. The van der Waals surface area contributed by atoms with E-state index in [0.29, 0.717) is 0 Å². The second kappa shape index (κ2) is 3.24. The Hall–Kier alpha value is 0. The van der Waals surface area contributed by atoms with Gasteiger partial charge >= 0.3 is 0 Å². The van der Waals surface area contributed by atoms with Crippen LogP contribution in [0.5, 0.6) is 0 Å². The second-order valence-corrected chi connectivity index (χ2v) is 3.04. The van der Waals surface area contributed by atoms with Crippen molar-refractivity contribution in [2.75, 3.05) is 0 Å². The Morgan fingerprint density at radius 3 is 1.56 bits per heavy atom. The van der Waals surface area contributed by atoms with Gasteiger partial charge in [-0.3, -0.25) is 0 Å². The van der Waals surface area contributed by atoms with Crippen molar-refractivity contribution >= 4 is 0 Å². The van der Waals surface area contributed by atoms with Gasteiger partial charge in [-0.25, -0.2) is 0 Å². The van der Waals surface area contributed by atoms with Crippen molar-refractivity contribution in [3.05, 3.63) is 0 Å². The summed E-state index contributed by atoms with van der Waals surface area (Å²) in [5, 5.41) is 0. The quantitative estimate of drug-likeness (QED) is 0.468. The lowest BCUT2D eigenvalue weighted by Crippen LogP contribution is -1.91. The van der Waals surface area contributed by atoms with E-state index in [-0.39, 0.29) is 14.9 Å². The summed E-state index contributed by atoms with van der Waals surface area (Å²) in [7, 11) is 0. The highest BCUT2D eigenvalue weighted by Crippen LogP contribution is 2.49. The minimum Gasteiger partial charge on any atom is -0.0776 e. The summed E-state index contributed by atoms with van der Waals surface area (Å²) < 4.78 is 0. The SMILES string of the molecule is C.C.C1CCC2CC2C1. The third-order valence-electron chi connectivity index (χ3n) is 2.47. The molecule has 0 bridgehead atoms. The predicted molar refractivity (Wildman–Crippen MR) is 43.5 cm³/mol. The summed E-state index contributed by atoms with van der Waals surface area (Å²) >= 11 is 0. The molecule has 2 rings (SSSR count). The zero-order valence-corrected chi connectivity index (χ0v) is 4.69. The highest BCUT2D eigenvalue weighted by atomic mass is 14.4. The Balaban J connectivity index is 0.000000320. The zero-order chi connectivity index (χ0) is 4.69. The second-order valence-electron chi connectivity index (χ2n) is 3.04. The van der Waals surface area contributed by atoms with E-state index >= 15 is 0 Å². The van der Waals surface area contributed by atoms with E-state index in [0.717, 1.165) is 0 Å². The molecule has 0 radical (unpaired) electrons. The molecule has 0 spiro atoms. The van der Waals surface area contributed by atoms with Gasteiger partial charge in [-0.2, -0.15) is 0 Å². The minimum atomic E-state index is 0. The van der Waals surface area contributed by atoms with Crippen LogP contribution < -0.4 is 0 Å². The van der Waals surface area contributed by atoms with E-state index < -0.39 is 0 Å². The average Bonchev–Trinajstić information content (AvgIpc) is 2.41. The van der Waals surface area contributed by atoms with Crippen LogP contribution in [0.1, 0.15) is 47.0 Å². The van der Waals surface area contributed by atoms with Gasteiger partial charge in [0.1, 0.15) is 0 Å². The molecule has 0 amide bonds. The van der Waals surface area contributed by atoms with E-state index in [1.807, 2.05) is 0 Å². The highest BCUT2D eigenvalue weighted by Gasteiger charge is 2.37. The van der Waals surface area contributed by atoms with Crippen molar-refractivity contribution in [1.29, 1.82) is 0 Å². The summed E-state index contributed by atoms with van der Waals surface area (Å²) in [4.78, 5) is 0. The van der Waals surface area contributed by atoms with Crippen molar-refractivity contribution in [1.82, 2.24) is 0 Å². The smallest absolute Gasteiger partial charge is 0.0383 e. The molecule has 2 atom stereocenters. The lowest BCUT2D eigenvalue weighted by Gasteiger charge is -2.05. The van der Waals surface area contributed by atoms with Crippen molar-refractivity contribution in [3.8, 4) is 0 Å². The van der Waals surface area contributed by atoms with Gasteiger partial charge in [-0.1, -0.05) is 40.5 Å². The maximum Gasteiger partial charge on any atom is -0.0383 e. The Kier molecular flexibility index (Phi) is 3.24. The molecule has 0 heteroatoms. The summed E-state index contributed by atoms with van der Waals surface area (Å²) in [6.07, 6.45) is 7.76. The molecular weight excluding hydrogens is 108 g/mol. The van der Waals surface area contributed by atoms with Gasteiger partial charge in [0.25, 0.3) is 0 Å². The third-order valence-corrected chi connectivity index (χ3v) is 2.47. The molecular formula is C9H20. The van der Waals surface area contributed by atoms with E-state index in [4.69, 9.17) is 0 Å². The van der Waals surface area contributed by atoms with Crippen molar-refractivity contribution in [2.24, 2.45) is 11.8 Å². The van der Waals surface area contributed by atoms with E-state index in [1.165, 1.54) is 24.7 Å². The van der Waals surface area contributed by atoms with Gasteiger partial charge in [0.15, 0.2) is 0 Å². The molecule has 0 aromatic rings. The van der Waals surface area contributed by atoms with Crippen LogP contribution in [-0.4, -0.2) is 0 Å². The molecule has 0 aliphatic heterocycles. The van der Waals surface area contributed by atoms with Crippen molar-refractivity contribution in [2.45, 2.75) is 47.0 Å². The molecule has 0 nitrogen and oxygen atoms in total. The van der Waals surface area contributed by atoms with E-state index in [2.05, 4.69) is 0 Å². The van der Waals surface area contributed by atoms with Gasteiger partial charge in [-0.15, -0.1) is 0 Å². The first-order valence-corrected chi connectivity index (χ1v) is 3.47. The van der Waals surface area contributed by atoms with Gasteiger partial charge in [-0.05, 0) is 18.3 Å². The molecule has 0 heterocycles. The Labute approximate surface area is 59.7 Å². The first kappa shape index (κ1) is 9.00. The normalized spacial score (nSPS) is 37.3. The standard InChI is InChI=1S/C7H12.2CH4/c1-2-4-7-5-6(7)3-1;;/h6-7H,1-5H2;2*1H4. The molecule has 2 fully saturated rings. The minimum absolute atomic E-state index is 0. The molecule has 0 aromatic carbocycles. The molecule has 56 valence electrons. The monoisotopic (exact) mass is 128 g/mol. The lowest BCUT2D eigenvalue weighted by atomic mass is 10.0. The Morgan fingerprint density at radius 1 is 0.778 bits per heavy atom. The van der Waals surface area contributed by atoms with Crippen LogP contribution in [0.15, 0.2) is 0 Å². The first-order valence-electron chi connectivity index (χ1n) is 3.47. The van der Waals surface area contributed by atoms with Crippen LogP contribution in [-0.2, 0) is 0 Å². The predicted octanol–water partition coefficient (Wildman–Crippen LogP) is 3.47. The number of hydrogen-bond donors (Lipinski definition) is 0. The number of hydrogen-bond acceptors (Lipinski definition) is 0. The molecule has 2 aliphatic carbocycles. The van der Waals surface area contributed by atoms with Gasteiger partial charge in [0.05, 0.1) is 0 Å². The summed E-state index contributed by atoms with van der Waals surface area (Å²) in [6.45, 7) is 0. The average molecular weight is 128 g/mol. The van der Waals surface area contributed by atoms with E-state index in [9.17, 15) is 0 Å². The van der Waals surface area contributed by atoms with Crippen LogP contribution in [0.3, 0.4) is 0 Å². The van der Waals surface area contributed by atoms with Crippen LogP contribution in [0.2, 0.25) is 0 Å². The number of fused-ring (bicyclic) bond motifs is 1. The van der Waals surface area contributed by atoms with Crippen LogP contribution >= 0.6 is 0 Å². The molecule has 2 saturated carbocycles. The maximum absolute atomic E-state index is 1.58. The molecule has 9 heavy (non-hydrogen) atoms. The fourth-order valence-corrected chi connectivity index (χ4v) is 1.83. The summed E-state index contributed by atoms with van der Waals surface area (Å²) in [5.41, 5.74) is 0. The van der Waals surface area contributed by atoms with Gasteiger partial charge < -0.3 is 0 Å². The Bertz CT molecular complexity index is 66.1. The Morgan fingerprint density at radius 2 is 1.22 bits per heavy atom. The molecule has 0 saturated heterocycles. The van der Waals surface area contributed by atoms with Crippen LogP contribution in [0, 0.1) is 11.8 Å². The molecule has 0 N–H and O–H groups in total. The summed E-state index contributed by atoms with van der Waals surface area (Å²) in [5.74, 6) is 2.41. The molecule has 0 aromatic heterocycles. The fraction of sp³-hybridized carbons (Fsp3) is 1.00. The first-order chi connectivity index (χ1) is 3.47. The zero-order valence-electron chi connectivity index (χ0n) is 4.69. The number of rotatable bonds is 0. The largest absolute Gasteiger partial charge is 0.0776 e. The van der Waals surface area contributed by atoms with Crippen LogP contribution in [0.25, 0.3) is 0 Å². The highest BCUT2D eigenvalue weighted by molar-refractivity contribution is 4.88. The van der Waals surface area contributed by atoms with Gasteiger partial charge in [0, 0.05) is 0 Å². The topological polar surface area (TPSA) is 0 Å². The summed E-state index contributed by atoms with van der Waals surface area (Å²) in [6, 6.07) is 0. The van der Waals surface area contributed by atoms with Crippen molar-refractivity contribution < 1.29 is 0 Å². The van der Waals surface area contributed by atoms with E-state index in [1.54, 1.807) is 19.3 Å². The molecule has 2 unspecified atom stereocenters. The van der Waals surface area contributed by atoms with Crippen LogP contribution in [0.4, 0.5) is 0 Å². The van der Waals surface area contributed by atoms with Gasteiger partial charge in [0.2, 0.25) is 0 Å². The fourth-order valence-electron chi connectivity index (χ4n) is 1.83.